The number of anilines is 1. The van der Waals surface area contributed by atoms with Crippen LogP contribution in [0.3, 0.4) is 0 Å². The second kappa shape index (κ2) is 8.59. The fourth-order valence-corrected chi connectivity index (χ4v) is 2.21. The van der Waals surface area contributed by atoms with Gasteiger partial charge in [-0.05, 0) is 31.4 Å². The Bertz CT molecular complexity index is 448. The minimum atomic E-state index is -0.0892. The molecule has 0 bridgehead atoms. The molecule has 116 valence electrons. The Balaban J connectivity index is 1.80. The number of carbonyl (C=O) groups excluding carboxylic acids is 1. The lowest BCUT2D eigenvalue weighted by Crippen LogP contribution is -2.25. The maximum absolute atomic E-state index is 12.0. The minimum Gasteiger partial charge on any atom is -0.385 e. The summed E-state index contributed by atoms with van der Waals surface area (Å²) < 4.78 is 10.5. The van der Waals surface area contributed by atoms with Crippen molar-refractivity contribution in [2.45, 2.75) is 25.4 Å². The Morgan fingerprint density at radius 3 is 3.24 bits per heavy atom. The summed E-state index contributed by atoms with van der Waals surface area (Å²) in [5, 5.41) is 6.08. The summed E-state index contributed by atoms with van der Waals surface area (Å²) in [6, 6.07) is 3.48. The summed E-state index contributed by atoms with van der Waals surface area (Å²) in [6.07, 6.45) is 4.88. The second-order valence-electron chi connectivity index (χ2n) is 5.05. The molecule has 1 aliphatic heterocycles. The van der Waals surface area contributed by atoms with E-state index in [0.717, 1.165) is 32.4 Å². The zero-order valence-corrected chi connectivity index (χ0v) is 12.4. The molecule has 1 aliphatic rings. The lowest BCUT2D eigenvalue weighted by molar-refractivity contribution is 0.0948. The van der Waals surface area contributed by atoms with Crippen molar-refractivity contribution in [3.63, 3.8) is 0 Å². The van der Waals surface area contributed by atoms with Crippen molar-refractivity contribution in [1.82, 2.24) is 10.3 Å². The van der Waals surface area contributed by atoms with E-state index in [1.807, 2.05) is 0 Å². The highest BCUT2D eigenvalue weighted by Crippen LogP contribution is 2.13. The average Bonchev–Trinajstić information content (AvgIpc) is 3.03. The number of aromatic nitrogens is 1. The van der Waals surface area contributed by atoms with E-state index in [2.05, 4.69) is 15.6 Å². The number of hydrogen-bond donors (Lipinski definition) is 2. The Morgan fingerprint density at radius 1 is 1.57 bits per heavy atom. The van der Waals surface area contributed by atoms with Crippen molar-refractivity contribution < 1.29 is 14.3 Å². The molecule has 6 nitrogen and oxygen atoms in total. The van der Waals surface area contributed by atoms with Crippen LogP contribution in [0.2, 0.25) is 0 Å². The Kier molecular flexibility index (Phi) is 6.43. The monoisotopic (exact) mass is 293 g/mol. The smallest absolute Gasteiger partial charge is 0.251 e. The van der Waals surface area contributed by atoms with Gasteiger partial charge in [0.05, 0.1) is 6.10 Å². The molecule has 1 fully saturated rings. The number of pyridine rings is 1. The zero-order chi connectivity index (χ0) is 14.9. The fourth-order valence-electron chi connectivity index (χ4n) is 2.21. The Labute approximate surface area is 125 Å². The van der Waals surface area contributed by atoms with Gasteiger partial charge < -0.3 is 20.1 Å². The van der Waals surface area contributed by atoms with E-state index in [1.165, 1.54) is 0 Å². The highest BCUT2D eigenvalue weighted by molar-refractivity contribution is 5.94. The zero-order valence-electron chi connectivity index (χ0n) is 12.4. The van der Waals surface area contributed by atoms with Gasteiger partial charge in [-0.25, -0.2) is 4.98 Å². The maximum atomic E-state index is 12.0. The third-order valence-electron chi connectivity index (χ3n) is 3.37. The van der Waals surface area contributed by atoms with Crippen molar-refractivity contribution in [1.29, 1.82) is 0 Å². The molecule has 0 aliphatic carbocycles. The van der Waals surface area contributed by atoms with Crippen LogP contribution in [-0.4, -0.2) is 50.4 Å². The summed E-state index contributed by atoms with van der Waals surface area (Å²) in [7, 11) is 1.65. The lowest BCUT2D eigenvalue weighted by Gasteiger charge is -2.12. The average molecular weight is 293 g/mol. The summed E-state index contributed by atoms with van der Waals surface area (Å²) in [5.41, 5.74) is 0.609. The highest BCUT2D eigenvalue weighted by Gasteiger charge is 2.15. The second-order valence-corrected chi connectivity index (χ2v) is 5.05. The molecule has 1 saturated heterocycles. The third-order valence-corrected chi connectivity index (χ3v) is 3.37. The van der Waals surface area contributed by atoms with Crippen molar-refractivity contribution in [2.24, 2.45) is 0 Å². The van der Waals surface area contributed by atoms with Crippen molar-refractivity contribution in [3.8, 4) is 0 Å². The summed E-state index contributed by atoms with van der Waals surface area (Å²) >= 11 is 0. The molecular weight excluding hydrogens is 270 g/mol. The van der Waals surface area contributed by atoms with Gasteiger partial charge in [-0.1, -0.05) is 0 Å². The molecule has 6 heteroatoms. The van der Waals surface area contributed by atoms with Crippen molar-refractivity contribution in [2.75, 3.05) is 38.7 Å². The molecule has 2 rings (SSSR count). The quantitative estimate of drug-likeness (QED) is 0.710. The van der Waals surface area contributed by atoms with Crippen LogP contribution in [0, 0.1) is 0 Å². The number of nitrogens with one attached hydrogen (secondary N) is 2. The van der Waals surface area contributed by atoms with E-state index in [1.54, 1.807) is 25.4 Å². The highest BCUT2D eigenvalue weighted by atomic mass is 16.5. The van der Waals surface area contributed by atoms with Gasteiger partial charge in [-0.2, -0.15) is 0 Å². The molecular formula is C15H23N3O3. The van der Waals surface area contributed by atoms with Gasteiger partial charge in [0.15, 0.2) is 0 Å². The molecule has 1 atom stereocenters. The van der Waals surface area contributed by atoms with E-state index < -0.39 is 0 Å². The molecule has 2 heterocycles. The number of methoxy groups -OCH3 is 1. The van der Waals surface area contributed by atoms with E-state index in [9.17, 15) is 4.79 Å². The molecule has 0 saturated carbocycles. The first kappa shape index (κ1) is 15.7. The third kappa shape index (κ3) is 5.32. The fraction of sp³-hybridized carbons (Fsp3) is 0.600. The van der Waals surface area contributed by atoms with Crippen LogP contribution in [0.4, 0.5) is 5.82 Å². The molecule has 1 aromatic heterocycles. The van der Waals surface area contributed by atoms with E-state index in [4.69, 9.17) is 9.47 Å². The topological polar surface area (TPSA) is 72.5 Å². The van der Waals surface area contributed by atoms with Crippen LogP contribution in [-0.2, 0) is 9.47 Å². The first-order chi connectivity index (χ1) is 10.3. The number of amides is 1. The molecule has 0 spiro atoms. The van der Waals surface area contributed by atoms with E-state index in [-0.39, 0.29) is 12.0 Å². The van der Waals surface area contributed by atoms with Crippen LogP contribution in [0.15, 0.2) is 18.3 Å². The van der Waals surface area contributed by atoms with Crippen LogP contribution in [0.1, 0.15) is 29.6 Å². The SMILES string of the molecule is COCCCNC(=O)c1ccnc(NCC2CCCO2)c1. The van der Waals surface area contributed by atoms with Gasteiger partial charge in [-0.15, -0.1) is 0 Å². The maximum Gasteiger partial charge on any atom is 0.251 e. The molecule has 21 heavy (non-hydrogen) atoms. The van der Waals surface area contributed by atoms with E-state index in [0.29, 0.717) is 24.5 Å². The van der Waals surface area contributed by atoms with Gasteiger partial charge in [0.25, 0.3) is 5.91 Å². The van der Waals surface area contributed by atoms with Crippen LogP contribution in [0.25, 0.3) is 0 Å². The predicted octanol–water partition coefficient (Wildman–Crippen LogP) is 1.44. The van der Waals surface area contributed by atoms with Gasteiger partial charge in [0, 0.05) is 45.2 Å². The lowest BCUT2D eigenvalue weighted by atomic mass is 10.2. The largest absolute Gasteiger partial charge is 0.385 e. The molecule has 2 N–H and O–H groups in total. The van der Waals surface area contributed by atoms with Gasteiger partial charge >= 0.3 is 0 Å². The van der Waals surface area contributed by atoms with Crippen molar-refractivity contribution in [3.05, 3.63) is 23.9 Å². The first-order valence-corrected chi connectivity index (χ1v) is 7.38. The molecule has 0 aromatic carbocycles. The Morgan fingerprint density at radius 2 is 2.48 bits per heavy atom. The number of ether oxygens (including phenoxy) is 2. The normalized spacial score (nSPS) is 17.7. The number of carbonyl (C=O) groups is 1. The molecule has 0 radical (unpaired) electrons. The summed E-state index contributed by atoms with van der Waals surface area (Å²) in [4.78, 5) is 16.2. The Hall–Kier alpha value is -1.66. The van der Waals surface area contributed by atoms with Crippen LogP contribution >= 0.6 is 0 Å². The van der Waals surface area contributed by atoms with Crippen LogP contribution in [0.5, 0.6) is 0 Å². The van der Waals surface area contributed by atoms with Gasteiger partial charge in [0.1, 0.15) is 5.82 Å². The van der Waals surface area contributed by atoms with Gasteiger partial charge in [-0.3, -0.25) is 4.79 Å². The first-order valence-electron chi connectivity index (χ1n) is 7.38. The molecule has 1 amide bonds. The summed E-state index contributed by atoms with van der Waals surface area (Å²) in [6.45, 7) is 2.81. The number of rotatable bonds is 8. The molecule has 1 aromatic rings. The van der Waals surface area contributed by atoms with Gasteiger partial charge in [0.2, 0.25) is 0 Å². The summed E-state index contributed by atoms with van der Waals surface area (Å²) in [5.74, 6) is 0.615. The van der Waals surface area contributed by atoms with E-state index >= 15 is 0 Å². The predicted molar refractivity (Wildman–Crippen MR) is 80.5 cm³/mol. The number of nitrogens with zero attached hydrogens (tertiary/aromatic N) is 1. The standard InChI is InChI=1S/C15H23N3O3/c1-20-8-3-6-17-15(19)12-5-7-16-14(10-12)18-11-13-4-2-9-21-13/h5,7,10,13H,2-4,6,8-9,11H2,1H3,(H,16,18)(H,17,19). The minimum absolute atomic E-state index is 0.0892. The van der Waals surface area contributed by atoms with Crippen LogP contribution < -0.4 is 10.6 Å². The van der Waals surface area contributed by atoms with Crippen molar-refractivity contribution >= 4 is 11.7 Å². The number of hydrogen-bond acceptors (Lipinski definition) is 5. The molecule has 1 unspecified atom stereocenters.